The molecule has 12 heavy (non-hydrogen) atoms. The third-order valence-electron chi connectivity index (χ3n) is 2.48. The topological polar surface area (TPSA) is 37.3 Å². The molecule has 0 amide bonds. The van der Waals surface area contributed by atoms with E-state index in [-0.39, 0.29) is 0 Å². The van der Waals surface area contributed by atoms with Crippen molar-refractivity contribution in [2.24, 2.45) is 17.3 Å². The lowest BCUT2D eigenvalue weighted by atomic mass is 10.1. The molecular formula is C8H10F2O2. The zero-order chi connectivity index (χ0) is 9.52. The molecule has 1 aliphatic carbocycles. The normalized spacial score (nSPS) is 31.0. The fraction of sp³-hybridized carbons (Fsp3) is 0.625. The van der Waals surface area contributed by atoms with Gasteiger partial charge in [0, 0.05) is 5.92 Å². The van der Waals surface area contributed by atoms with E-state index in [1.54, 1.807) is 13.8 Å². The molecule has 1 rings (SSSR count). The highest BCUT2D eigenvalue weighted by atomic mass is 19.3. The Hall–Kier alpha value is -0.930. The van der Waals surface area contributed by atoms with E-state index in [9.17, 15) is 13.6 Å². The van der Waals surface area contributed by atoms with Gasteiger partial charge < -0.3 is 5.11 Å². The Morgan fingerprint density at radius 1 is 1.50 bits per heavy atom. The molecule has 0 saturated heterocycles. The molecule has 0 bridgehead atoms. The average molecular weight is 176 g/mol. The van der Waals surface area contributed by atoms with Crippen LogP contribution in [-0.4, -0.2) is 11.1 Å². The van der Waals surface area contributed by atoms with Crippen LogP contribution >= 0.6 is 0 Å². The van der Waals surface area contributed by atoms with Gasteiger partial charge in [0.15, 0.2) is 0 Å². The third kappa shape index (κ3) is 1.33. The molecule has 1 unspecified atom stereocenters. The maximum Gasteiger partial charge on any atom is 0.307 e. The van der Waals surface area contributed by atoms with Crippen LogP contribution in [0.1, 0.15) is 13.8 Å². The van der Waals surface area contributed by atoms with Crippen LogP contribution in [0.3, 0.4) is 0 Å². The molecular weight excluding hydrogens is 166 g/mol. The van der Waals surface area contributed by atoms with Gasteiger partial charge in [-0.05, 0) is 11.5 Å². The van der Waals surface area contributed by atoms with E-state index in [1.165, 1.54) is 0 Å². The summed E-state index contributed by atoms with van der Waals surface area (Å²) in [7, 11) is 0. The molecule has 68 valence electrons. The molecule has 2 nitrogen and oxygen atoms in total. The molecule has 0 radical (unpaired) electrons. The van der Waals surface area contributed by atoms with E-state index < -0.39 is 29.3 Å². The first kappa shape index (κ1) is 9.16. The number of rotatable bonds is 2. The summed E-state index contributed by atoms with van der Waals surface area (Å²) >= 11 is 0. The second-order valence-corrected chi connectivity index (χ2v) is 3.62. The first-order chi connectivity index (χ1) is 5.37. The van der Waals surface area contributed by atoms with Crippen molar-refractivity contribution in [3.63, 3.8) is 0 Å². The van der Waals surface area contributed by atoms with Gasteiger partial charge in [-0.2, -0.15) is 8.78 Å². The molecule has 0 aromatic heterocycles. The molecule has 1 N–H and O–H groups in total. The third-order valence-corrected chi connectivity index (χ3v) is 2.48. The van der Waals surface area contributed by atoms with Crippen molar-refractivity contribution in [1.82, 2.24) is 0 Å². The van der Waals surface area contributed by atoms with Gasteiger partial charge in [0.25, 0.3) is 6.08 Å². The quantitative estimate of drug-likeness (QED) is 0.699. The summed E-state index contributed by atoms with van der Waals surface area (Å²) < 4.78 is 23.5. The summed E-state index contributed by atoms with van der Waals surface area (Å²) in [6, 6.07) is 0. The summed E-state index contributed by atoms with van der Waals surface area (Å²) in [4.78, 5) is 10.5. The molecule has 1 saturated carbocycles. The van der Waals surface area contributed by atoms with Crippen molar-refractivity contribution >= 4 is 5.97 Å². The number of carbonyl (C=O) groups is 1. The van der Waals surface area contributed by atoms with Gasteiger partial charge in [-0.3, -0.25) is 4.79 Å². The summed E-state index contributed by atoms with van der Waals surface area (Å²) in [6.07, 6.45) is -1.06. The van der Waals surface area contributed by atoms with Gasteiger partial charge in [0.05, 0.1) is 5.92 Å². The molecule has 0 aliphatic heterocycles. The SMILES string of the molecule is CC1(C)C(C(=O)O)[C@H]1C=C(F)F. The van der Waals surface area contributed by atoms with E-state index in [4.69, 9.17) is 5.11 Å². The highest BCUT2D eigenvalue weighted by molar-refractivity contribution is 5.76. The van der Waals surface area contributed by atoms with Crippen LogP contribution in [-0.2, 0) is 4.79 Å². The second-order valence-electron chi connectivity index (χ2n) is 3.62. The number of allylic oxidation sites excluding steroid dienone is 1. The Kier molecular flexibility index (Phi) is 1.94. The van der Waals surface area contributed by atoms with Crippen LogP contribution in [0.15, 0.2) is 12.2 Å². The maximum atomic E-state index is 11.8. The van der Waals surface area contributed by atoms with Crippen LogP contribution < -0.4 is 0 Å². The van der Waals surface area contributed by atoms with Crippen LogP contribution in [0.2, 0.25) is 0 Å². The summed E-state index contributed by atoms with van der Waals surface area (Å²) in [5.41, 5.74) is -0.519. The number of hydrogen-bond acceptors (Lipinski definition) is 1. The Morgan fingerprint density at radius 3 is 2.25 bits per heavy atom. The van der Waals surface area contributed by atoms with Crippen molar-refractivity contribution in [2.75, 3.05) is 0 Å². The van der Waals surface area contributed by atoms with E-state index in [0.29, 0.717) is 0 Å². The molecule has 0 heterocycles. The predicted molar refractivity (Wildman–Crippen MR) is 38.7 cm³/mol. The van der Waals surface area contributed by atoms with Gasteiger partial charge in [-0.1, -0.05) is 13.8 Å². The molecule has 1 aliphatic rings. The minimum atomic E-state index is -1.79. The van der Waals surface area contributed by atoms with Crippen LogP contribution in [0.5, 0.6) is 0 Å². The van der Waals surface area contributed by atoms with E-state index in [2.05, 4.69) is 0 Å². The molecule has 0 aromatic rings. The standard InChI is InChI=1S/C8H10F2O2/c1-8(2)4(3-5(9)10)6(8)7(11)12/h3-4,6H,1-2H3,(H,11,12)/t4-,6?/m1/s1. The fourth-order valence-corrected chi connectivity index (χ4v) is 1.60. The Labute approximate surface area is 68.9 Å². The summed E-state index contributed by atoms with van der Waals surface area (Å²) in [6.45, 7) is 3.35. The first-order valence-corrected chi connectivity index (χ1v) is 3.63. The van der Waals surface area contributed by atoms with Gasteiger partial charge in [0.2, 0.25) is 0 Å². The minimum absolute atomic E-state index is 0.514. The lowest BCUT2D eigenvalue weighted by Gasteiger charge is -1.95. The smallest absolute Gasteiger partial charge is 0.307 e. The van der Waals surface area contributed by atoms with Crippen molar-refractivity contribution < 1.29 is 18.7 Å². The van der Waals surface area contributed by atoms with Gasteiger partial charge in [-0.15, -0.1) is 0 Å². The largest absolute Gasteiger partial charge is 0.481 e. The van der Waals surface area contributed by atoms with E-state index in [0.717, 1.165) is 6.08 Å². The maximum absolute atomic E-state index is 11.8. The first-order valence-electron chi connectivity index (χ1n) is 3.63. The number of aliphatic carboxylic acids is 1. The van der Waals surface area contributed by atoms with E-state index >= 15 is 0 Å². The van der Waals surface area contributed by atoms with Crippen LogP contribution in [0.25, 0.3) is 0 Å². The molecule has 0 spiro atoms. The number of hydrogen-bond donors (Lipinski definition) is 1. The lowest BCUT2D eigenvalue weighted by Crippen LogP contribution is -2.02. The fourth-order valence-electron chi connectivity index (χ4n) is 1.60. The van der Waals surface area contributed by atoms with E-state index in [1.807, 2.05) is 0 Å². The van der Waals surface area contributed by atoms with Crippen molar-refractivity contribution in [3.05, 3.63) is 12.2 Å². The summed E-state index contributed by atoms with van der Waals surface area (Å²) in [5, 5.41) is 8.60. The molecule has 1 fully saturated rings. The second kappa shape index (κ2) is 2.54. The average Bonchev–Trinajstić information content (AvgIpc) is 2.32. The van der Waals surface area contributed by atoms with Crippen LogP contribution in [0, 0.1) is 17.3 Å². The van der Waals surface area contributed by atoms with Crippen molar-refractivity contribution in [3.8, 4) is 0 Å². The van der Waals surface area contributed by atoms with Gasteiger partial charge >= 0.3 is 5.97 Å². The minimum Gasteiger partial charge on any atom is -0.481 e. The van der Waals surface area contributed by atoms with Gasteiger partial charge in [-0.25, -0.2) is 0 Å². The molecule has 4 heteroatoms. The Balaban J connectivity index is 2.73. The number of carboxylic acid groups (broad SMARTS) is 1. The monoisotopic (exact) mass is 176 g/mol. The Morgan fingerprint density at radius 2 is 2.00 bits per heavy atom. The van der Waals surface area contributed by atoms with Crippen molar-refractivity contribution in [2.45, 2.75) is 13.8 Å². The Bertz CT molecular complexity index is 241. The highest BCUT2D eigenvalue weighted by Gasteiger charge is 2.61. The number of halogens is 2. The van der Waals surface area contributed by atoms with Crippen LogP contribution in [0.4, 0.5) is 8.78 Å². The predicted octanol–water partition coefficient (Wildman–Crippen LogP) is 2.12. The zero-order valence-corrected chi connectivity index (χ0v) is 6.84. The number of carboxylic acids is 1. The zero-order valence-electron chi connectivity index (χ0n) is 6.84. The molecule has 2 atom stereocenters. The summed E-state index contributed by atoms with van der Waals surface area (Å²) in [5.74, 6) is -2.17. The lowest BCUT2D eigenvalue weighted by molar-refractivity contribution is -0.139. The van der Waals surface area contributed by atoms with Crippen molar-refractivity contribution in [1.29, 1.82) is 0 Å². The molecule has 0 aromatic carbocycles. The van der Waals surface area contributed by atoms with Gasteiger partial charge in [0.1, 0.15) is 0 Å². The highest BCUT2D eigenvalue weighted by Crippen LogP contribution is 2.59.